The Kier molecular flexibility index (Phi) is 3.08. The third-order valence-corrected chi connectivity index (χ3v) is 0.675. The highest BCUT2D eigenvalue weighted by Crippen LogP contribution is 1.81. The summed E-state index contributed by atoms with van der Waals surface area (Å²) in [4.78, 5) is 0. The Morgan fingerprint density at radius 3 is 2.50 bits per heavy atom. The Morgan fingerprint density at radius 2 is 2.50 bits per heavy atom. The normalized spacial score (nSPS) is 14.5. The monoisotopic (exact) mass is 88.1 g/mol. The molecular weight excluding hydrogens is 78.0 g/mol. The summed E-state index contributed by atoms with van der Waals surface area (Å²) in [7, 11) is 0. The van der Waals surface area contributed by atoms with Crippen LogP contribution in [-0.4, -0.2) is 11.2 Å². The molecule has 0 amide bonds. The van der Waals surface area contributed by atoms with Crippen LogP contribution in [0.15, 0.2) is 0 Å². The van der Waals surface area contributed by atoms with Gasteiger partial charge in [0.2, 0.25) is 0 Å². The Balaban J connectivity index is 2.75. The van der Waals surface area contributed by atoms with Crippen LogP contribution in [-0.2, 0) is 0 Å². The molecule has 0 aromatic rings. The third kappa shape index (κ3) is 2.18. The summed E-state index contributed by atoms with van der Waals surface area (Å²) in [6, 6.07) is -0.00926. The molecule has 0 saturated carbocycles. The van der Waals surface area contributed by atoms with Crippen LogP contribution in [0.4, 0.5) is 0 Å². The molecule has 0 aromatic carbocycles. The lowest BCUT2D eigenvalue weighted by molar-refractivity contribution is 0.140. The van der Waals surface area contributed by atoms with E-state index in [1.54, 1.807) is 0 Å². The van der Waals surface area contributed by atoms with Crippen LogP contribution in [0.5, 0.6) is 0 Å². The van der Waals surface area contributed by atoms with Crippen LogP contribution in [0.3, 0.4) is 0 Å². The highest BCUT2D eigenvalue weighted by Gasteiger charge is 1.88. The van der Waals surface area contributed by atoms with Gasteiger partial charge in [-0.1, -0.05) is 6.92 Å². The molecule has 2 nitrogen and oxygen atoms in total. The molecule has 2 N–H and O–H groups in total. The van der Waals surface area contributed by atoms with Gasteiger partial charge in [-0.3, -0.25) is 0 Å². The Morgan fingerprint density at radius 1 is 2.00 bits per heavy atom. The van der Waals surface area contributed by atoms with E-state index in [4.69, 9.17) is 5.21 Å². The molecule has 0 bridgehead atoms. The summed E-state index contributed by atoms with van der Waals surface area (Å²) in [5, 5.41) is 8.02. The van der Waals surface area contributed by atoms with E-state index in [1.165, 1.54) is 0 Å². The maximum Gasteiger partial charge on any atom is 0.0317 e. The van der Waals surface area contributed by atoms with E-state index in [0.29, 0.717) is 0 Å². The Hall–Kier alpha value is -0.0800. The third-order valence-electron chi connectivity index (χ3n) is 0.675. The van der Waals surface area contributed by atoms with E-state index in [1.807, 2.05) is 12.4 Å². The first kappa shape index (κ1) is 5.92. The molecule has 0 spiro atoms. The summed E-state index contributed by atoms with van der Waals surface area (Å²) >= 11 is 0. The van der Waals surface area contributed by atoms with Crippen molar-refractivity contribution in [2.24, 2.45) is 0 Å². The van der Waals surface area contributed by atoms with Crippen LogP contribution >= 0.6 is 0 Å². The second-order valence-electron chi connectivity index (χ2n) is 1.23. The van der Waals surface area contributed by atoms with Gasteiger partial charge in [-0.2, -0.15) is 0 Å². The highest BCUT2D eigenvalue weighted by molar-refractivity contribution is 4.58. The van der Waals surface area contributed by atoms with E-state index in [-0.39, 0.29) is 6.04 Å². The van der Waals surface area contributed by atoms with Crippen molar-refractivity contribution in [2.75, 3.05) is 0 Å². The largest absolute Gasteiger partial charge is 0.317 e. The second kappa shape index (κ2) is 3.12. The van der Waals surface area contributed by atoms with Crippen molar-refractivity contribution in [1.82, 2.24) is 5.48 Å². The zero-order valence-corrected chi connectivity index (χ0v) is 3.94. The zero-order valence-electron chi connectivity index (χ0n) is 3.94. The average molecular weight is 88.1 g/mol. The van der Waals surface area contributed by atoms with E-state index in [2.05, 4.69) is 6.92 Å². The minimum Gasteiger partial charge on any atom is -0.317 e. The Labute approximate surface area is 38.1 Å². The predicted molar refractivity (Wildman–Crippen MR) is 24.4 cm³/mol. The van der Waals surface area contributed by atoms with Crippen molar-refractivity contribution in [1.29, 1.82) is 0 Å². The summed E-state index contributed by atoms with van der Waals surface area (Å²) in [6.45, 7) is 5.46. The molecule has 1 radical (unpaired) electrons. The lowest BCUT2D eigenvalue weighted by Crippen LogP contribution is -2.20. The molecule has 2 heteroatoms. The fraction of sp³-hybridized carbons (Fsp3) is 0.750. The van der Waals surface area contributed by atoms with Gasteiger partial charge < -0.3 is 5.21 Å². The number of rotatable bonds is 2. The van der Waals surface area contributed by atoms with Crippen LogP contribution in [0, 0.1) is 6.92 Å². The first-order valence-corrected chi connectivity index (χ1v) is 2.04. The van der Waals surface area contributed by atoms with Crippen LogP contribution < -0.4 is 5.48 Å². The van der Waals surface area contributed by atoms with Gasteiger partial charge in [0.1, 0.15) is 0 Å². The van der Waals surface area contributed by atoms with Crippen molar-refractivity contribution >= 4 is 0 Å². The fourth-order valence-corrected chi connectivity index (χ4v) is 0.0913. The lowest BCUT2D eigenvalue weighted by atomic mass is 10.3. The van der Waals surface area contributed by atoms with Crippen LogP contribution in [0.1, 0.15) is 13.3 Å². The molecule has 0 heterocycles. The first-order valence-electron chi connectivity index (χ1n) is 2.04. The first-order chi connectivity index (χ1) is 2.81. The van der Waals surface area contributed by atoms with Gasteiger partial charge in [-0.15, -0.1) is 0 Å². The van der Waals surface area contributed by atoms with Crippen molar-refractivity contribution in [3.63, 3.8) is 0 Å². The van der Waals surface area contributed by atoms with Crippen molar-refractivity contribution < 1.29 is 5.21 Å². The molecule has 0 fully saturated rings. The number of hydroxylamine groups is 1. The average Bonchev–Trinajstić information content (AvgIpc) is 1.65. The van der Waals surface area contributed by atoms with E-state index in [9.17, 15) is 0 Å². The van der Waals surface area contributed by atoms with Gasteiger partial charge in [0.05, 0.1) is 0 Å². The zero-order chi connectivity index (χ0) is 4.99. The minimum atomic E-state index is -0.00926. The molecule has 0 aliphatic carbocycles. The molecule has 6 heavy (non-hydrogen) atoms. The lowest BCUT2D eigenvalue weighted by Gasteiger charge is -2.00. The SMILES string of the molecule is [CH2]C(CC)NO. The maximum absolute atomic E-state index is 8.02. The van der Waals surface area contributed by atoms with Gasteiger partial charge in [0.15, 0.2) is 0 Å². The summed E-state index contributed by atoms with van der Waals surface area (Å²) in [5.74, 6) is 0. The molecule has 0 aliphatic rings. The maximum atomic E-state index is 8.02. The molecule has 1 atom stereocenters. The second-order valence-corrected chi connectivity index (χ2v) is 1.23. The van der Waals surface area contributed by atoms with Gasteiger partial charge in [-0.05, 0) is 13.3 Å². The van der Waals surface area contributed by atoms with Crippen LogP contribution in [0.2, 0.25) is 0 Å². The summed E-state index contributed by atoms with van der Waals surface area (Å²) < 4.78 is 0. The molecule has 0 saturated heterocycles. The van der Waals surface area contributed by atoms with E-state index >= 15 is 0 Å². The topological polar surface area (TPSA) is 32.3 Å². The van der Waals surface area contributed by atoms with Crippen molar-refractivity contribution in [3.8, 4) is 0 Å². The number of nitrogens with one attached hydrogen (secondary N) is 1. The Bertz CT molecular complexity index is 26.7. The predicted octanol–water partition coefficient (Wildman–Crippen LogP) is 0.578. The number of hydrogen-bond acceptors (Lipinski definition) is 2. The van der Waals surface area contributed by atoms with Gasteiger partial charge in [0, 0.05) is 6.04 Å². The summed E-state index contributed by atoms with van der Waals surface area (Å²) in [5.41, 5.74) is 2.00. The standard InChI is InChI=1S/C4H10NO/c1-3-4(2)5-6/h4-6H,2-3H2,1H3. The highest BCUT2D eigenvalue weighted by atomic mass is 16.5. The van der Waals surface area contributed by atoms with Gasteiger partial charge in [-0.25, -0.2) is 5.48 Å². The van der Waals surface area contributed by atoms with Gasteiger partial charge >= 0.3 is 0 Å². The number of hydrogen-bond donors (Lipinski definition) is 2. The van der Waals surface area contributed by atoms with E-state index < -0.39 is 0 Å². The molecular formula is C4H10NO. The molecule has 1 unspecified atom stereocenters. The minimum absolute atomic E-state index is 0.00926. The molecule has 0 aliphatic heterocycles. The molecule has 0 rings (SSSR count). The smallest absolute Gasteiger partial charge is 0.0317 e. The fourth-order valence-electron chi connectivity index (χ4n) is 0.0913. The van der Waals surface area contributed by atoms with Crippen molar-refractivity contribution in [2.45, 2.75) is 19.4 Å². The van der Waals surface area contributed by atoms with Crippen LogP contribution in [0.25, 0.3) is 0 Å². The summed E-state index contributed by atoms with van der Waals surface area (Å²) in [6.07, 6.45) is 0.858. The van der Waals surface area contributed by atoms with Gasteiger partial charge in [0.25, 0.3) is 0 Å². The molecule has 37 valence electrons. The van der Waals surface area contributed by atoms with E-state index in [0.717, 1.165) is 6.42 Å². The van der Waals surface area contributed by atoms with Crippen molar-refractivity contribution in [3.05, 3.63) is 6.92 Å². The quantitative estimate of drug-likeness (QED) is 0.484. The molecule has 0 aromatic heterocycles.